The highest BCUT2D eigenvalue weighted by Crippen LogP contribution is 2.35. The molecule has 3 rings (SSSR count). The van der Waals surface area contributed by atoms with Crippen molar-refractivity contribution in [2.24, 2.45) is 0 Å². The number of ether oxygens (including phenoxy) is 5. The SMILES string of the molecule is CCc1ccc(Nc2nc(C(=O)OC)n([C@@H]3O[C@H](COC(C)=O)[C@@H](OC(C)=O)[C@H]3OC(C)=O)n2)cc1. The maximum Gasteiger partial charge on any atom is 0.376 e. The molecular weight excluding hydrogens is 476 g/mol. The van der Waals surface area contributed by atoms with E-state index in [9.17, 15) is 19.2 Å². The second-order valence-electron chi connectivity index (χ2n) is 7.89. The molecular formula is C23H28N4O9. The number of anilines is 2. The van der Waals surface area contributed by atoms with Crippen LogP contribution in [0.3, 0.4) is 0 Å². The Kier molecular flexibility index (Phi) is 8.59. The van der Waals surface area contributed by atoms with Gasteiger partial charge >= 0.3 is 23.9 Å². The predicted octanol–water partition coefficient (Wildman–Crippen LogP) is 1.69. The molecule has 1 N–H and O–H groups in total. The number of aromatic nitrogens is 3. The third kappa shape index (κ3) is 6.36. The zero-order valence-electron chi connectivity index (χ0n) is 20.5. The quantitative estimate of drug-likeness (QED) is 0.390. The largest absolute Gasteiger partial charge is 0.463 e. The minimum Gasteiger partial charge on any atom is -0.463 e. The van der Waals surface area contributed by atoms with Crippen molar-refractivity contribution in [3.63, 3.8) is 0 Å². The van der Waals surface area contributed by atoms with Gasteiger partial charge in [0.1, 0.15) is 12.7 Å². The Morgan fingerprint density at radius 2 is 1.64 bits per heavy atom. The molecule has 1 aromatic heterocycles. The number of carbonyl (C=O) groups excluding carboxylic acids is 4. The molecule has 0 amide bonds. The number of esters is 4. The summed E-state index contributed by atoms with van der Waals surface area (Å²) >= 11 is 0. The van der Waals surface area contributed by atoms with Crippen LogP contribution in [0.15, 0.2) is 24.3 Å². The van der Waals surface area contributed by atoms with Crippen molar-refractivity contribution in [2.75, 3.05) is 19.0 Å². The summed E-state index contributed by atoms with van der Waals surface area (Å²) in [6.07, 6.45) is -3.83. The normalized spacial score (nSPS) is 20.9. The first-order chi connectivity index (χ1) is 17.1. The fourth-order valence-electron chi connectivity index (χ4n) is 3.63. The topological polar surface area (TPSA) is 157 Å². The average molecular weight is 504 g/mol. The average Bonchev–Trinajstić information content (AvgIpc) is 3.38. The molecule has 13 heteroatoms. The number of benzene rings is 1. The first-order valence-electron chi connectivity index (χ1n) is 11.2. The van der Waals surface area contributed by atoms with Gasteiger partial charge in [-0.05, 0) is 24.1 Å². The Morgan fingerprint density at radius 3 is 2.19 bits per heavy atom. The highest BCUT2D eigenvalue weighted by molar-refractivity contribution is 5.86. The molecule has 1 saturated heterocycles. The first-order valence-corrected chi connectivity index (χ1v) is 11.2. The number of rotatable bonds is 9. The van der Waals surface area contributed by atoms with Crippen LogP contribution >= 0.6 is 0 Å². The number of methoxy groups -OCH3 is 1. The van der Waals surface area contributed by atoms with Crippen molar-refractivity contribution in [2.45, 2.75) is 58.7 Å². The van der Waals surface area contributed by atoms with E-state index in [1.54, 1.807) is 0 Å². The fraction of sp³-hybridized carbons (Fsp3) is 0.478. The van der Waals surface area contributed by atoms with Gasteiger partial charge in [0, 0.05) is 26.5 Å². The van der Waals surface area contributed by atoms with Crippen molar-refractivity contribution >= 4 is 35.5 Å². The molecule has 1 fully saturated rings. The van der Waals surface area contributed by atoms with Crippen LogP contribution in [-0.4, -0.2) is 70.7 Å². The van der Waals surface area contributed by atoms with Crippen LogP contribution in [0.1, 0.15) is 50.1 Å². The molecule has 0 aliphatic carbocycles. The van der Waals surface area contributed by atoms with Gasteiger partial charge in [0.25, 0.3) is 0 Å². The first kappa shape index (κ1) is 26.6. The Labute approximate surface area is 207 Å². The summed E-state index contributed by atoms with van der Waals surface area (Å²) < 4.78 is 27.6. The third-order valence-electron chi connectivity index (χ3n) is 5.20. The molecule has 2 aromatic rings. The predicted molar refractivity (Wildman–Crippen MR) is 122 cm³/mol. The number of hydrogen-bond donors (Lipinski definition) is 1. The van der Waals surface area contributed by atoms with Crippen molar-refractivity contribution < 1.29 is 42.9 Å². The molecule has 1 aromatic carbocycles. The number of aryl methyl sites for hydroxylation is 1. The van der Waals surface area contributed by atoms with Crippen LogP contribution in [-0.2, 0) is 44.5 Å². The summed E-state index contributed by atoms with van der Waals surface area (Å²) in [7, 11) is 1.17. The second kappa shape index (κ2) is 11.6. The second-order valence-corrected chi connectivity index (χ2v) is 7.89. The van der Waals surface area contributed by atoms with Crippen molar-refractivity contribution in [1.82, 2.24) is 14.8 Å². The van der Waals surface area contributed by atoms with E-state index in [2.05, 4.69) is 15.4 Å². The molecule has 194 valence electrons. The molecule has 1 aliphatic rings. The smallest absolute Gasteiger partial charge is 0.376 e. The van der Waals surface area contributed by atoms with Gasteiger partial charge in [-0.25, -0.2) is 9.48 Å². The molecule has 13 nitrogen and oxygen atoms in total. The fourth-order valence-corrected chi connectivity index (χ4v) is 3.63. The van der Waals surface area contributed by atoms with E-state index in [0.717, 1.165) is 23.6 Å². The summed E-state index contributed by atoms with van der Waals surface area (Å²) in [5.41, 5.74) is 1.79. The summed E-state index contributed by atoms with van der Waals surface area (Å²) in [5, 5.41) is 7.33. The molecule has 2 heterocycles. The number of nitrogens with one attached hydrogen (secondary N) is 1. The van der Waals surface area contributed by atoms with Crippen LogP contribution < -0.4 is 5.32 Å². The zero-order valence-corrected chi connectivity index (χ0v) is 20.5. The minimum absolute atomic E-state index is 0.0392. The Hall–Kier alpha value is -4.00. The van der Waals surface area contributed by atoms with Gasteiger partial charge in [-0.15, -0.1) is 5.10 Å². The summed E-state index contributed by atoms with van der Waals surface area (Å²) in [6, 6.07) is 7.52. The van der Waals surface area contributed by atoms with Crippen LogP contribution in [0, 0.1) is 0 Å². The van der Waals surface area contributed by atoms with Crippen molar-refractivity contribution in [3.05, 3.63) is 35.7 Å². The van der Waals surface area contributed by atoms with Crippen LogP contribution in [0.5, 0.6) is 0 Å². The Bertz CT molecular complexity index is 1120. The van der Waals surface area contributed by atoms with Gasteiger partial charge in [0.2, 0.25) is 11.8 Å². The lowest BCUT2D eigenvalue weighted by atomic mass is 10.1. The standard InChI is InChI=1S/C23H28N4O9/c1-6-15-7-9-16(10-8-15)24-23-25-20(22(31)32-5)27(26-23)21-19(35-14(4)30)18(34-13(3)29)17(36-21)11-33-12(2)28/h7-10,17-19,21H,6,11H2,1-5H3,(H,24,26)/t17-,18-,19-,21-/m1/s1. The highest BCUT2D eigenvalue weighted by Gasteiger charge is 2.52. The van der Waals surface area contributed by atoms with Crippen molar-refractivity contribution in [1.29, 1.82) is 0 Å². The molecule has 0 unspecified atom stereocenters. The number of carbonyl (C=O) groups is 4. The van der Waals surface area contributed by atoms with E-state index in [1.807, 2.05) is 31.2 Å². The van der Waals surface area contributed by atoms with Crippen molar-refractivity contribution in [3.8, 4) is 0 Å². The molecule has 0 bridgehead atoms. The van der Waals surface area contributed by atoms with E-state index < -0.39 is 48.4 Å². The number of hydrogen-bond acceptors (Lipinski definition) is 12. The van der Waals surface area contributed by atoms with E-state index in [1.165, 1.54) is 21.0 Å². The molecule has 0 radical (unpaired) electrons. The van der Waals surface area contributed by atoms with Gasteiger partial charge in [0.05, 0.1) is 7.11 Å². The highest BCUT2D eigenvalue weighted by atomic mass is 16.7. The van der Waals surface area contributed by atoms with Gasteiger partial charge in [-0.2, -0.15) is 4.98 Å². The van der Waals surface area contributed by atoms with E-state index >= 15 is 0 Å². The lowest BCUT2D eigenvalue weighted by molar-refractivity contribution is -0.166. The lowest BCUT2D eigenvalue weighted by Gasteiger charge is -2.23. The molecule has 4 atom stereocenters. The lowest BCUT2D eigenvalue weighted by Crippen LogP contribution is -2.41. The van der Waals surface area contributed by atoms with E-state index in [-0.39, 0.29) is 18.4 Å². The molecule has 0 spiro atoms. The Balaban J connectivity index is 2.00. The molecule has 1 aliphatic heterocycles. The summed E-state index contributed by atoms with van der Waals surface area (Å²) in [5.74, 6) is -3.04. The molecule has 36 heavy (non-hydrogen) atoms. The van der Waals surface area contributed by atoms with E-state index in [0.29, 0.717) is 5.69 Å². The van der Waals surface area contributed by atoms with Crippen LogP contribution in [0.25, 0.3) is 0 Å². The summed E-state index contributed by atoms with van der Waals surface area (Å²) in [6.45, 7) is 5.26. The summed E-state index contributed by atoms with van der Waals surface area (Å²) in [4.78, 5) is 51.8. The van der Waals surface area contributed by atoms with Gasteiger partial charge in [0.15, 0.2) is 18.4 Å². The van der Waals surface area contributed by atoms with Gasteiger partial charge < -0.3 is 29.0 Å². The minimum atomic E-state index is -1.27. The maximum atomic E-state index is 12.5. The number of nitrogens with zero attached hydrogens (tertiary/aromatic N) is 3. The van der Waals surface area contributed by atoms with Gasteiger partial charge in [-0.1, -0.05) is 19.1 Å². The van der Waals surface area contributed by atoms with Crippen LogP contribution in [0.4, 0.5) is 11.6 Å². The zero-order chi connectivity index (χ0) is 26.4. The monoisotopic (exact) mass is 504 g/mol. The Morgan fingerprint density at radius 1 is 1.00 bits per heavy atom. The van der Waals surface area contributed by atoms with E-state index in [4.69, 9.17) is 23.7 Å². The molecule has 0 saturated carbocycles. The van der Waals surface area contributed by atoms with Crippen LogP contribution in [0.2, 0.25) is 0 Å². The maximum absolute atomic E-state index is 12.5. The van der Waals surface area contributed by atoms with Gasteiger partial charge in [-0.3, -0.25) is 14.4 Å². The third-order valence-corrected chi connectivity index (χ3v) is 5.20.